The highest BCUT2D eigenvalue weighted by Gasteiger charge is 2.20. The predicted octanol–water partition coefficient (Wildman–Crippen LogP) is 7.07. The molecule has 0 unspecified atom stereocenters. The average molecular weight is 539 g/mol. The summed E-state index contributed by atoms with van der Waals surface area (Å²) in [6.07, 6.45) is 2.92. The minimum Gasteiger partial charge on any atom is -0.495 e. The molecule has 40 heavy (non-hydrogen) atoms. The van der Waals surface area contributed by atoms with Crippen LogP contribution in [0.2, 0.25) is 0 Å². The number of amides is 2. The molecule has 3 aromatic carbocycles. The SMILES string of the molecule is CCC(C)(C)c1ccc(OC)c(NC(=O)Nc2ccc(-c3ccc(CN4CCOCC4)nc3)c3ccccc23)c1. The molecule has 0 spiro atoms. The summed E-state index contributed by atoms with van der Waals surface area (Å²) in [4.78, 5) is 20.3. The summed E-state index contributed by atoms with van der Waals surface area (Å²) in [7, 11) is 1.61. The number of nitrogens with zero attached hydrogens (tertiary/aromatic N) is 2. The maximum absolute atomic E-state index is 13.2. The second kappa shape index (κ2) is 12.1. The van der Waals surface area contributed by atoms with E-state index in [1.165, 1.54) is 0 Å². The number of ether oxygens (including phenoxy) is 2. The van der Waals surface area contributed by atoms with Crippen molar-refractivity contribution in [3.05, 3.63) is 84.2 Å². The third-order valence-electron chi connectivity index (χ3n) is 7.91. The second-order valence-electron chi connectivity index (χ2n) is 10.9. The van der Waals surface area contributed by atoms with Crippen LogP contribution >= 0.6 is 0 Å². The van der Waals surface area contributed by atoms with Gasteiger partial charge in [0.2, 0.25) is 0 Å². The third kappa shape index (κ3) is 6.11. The van der Waals surface area contributed by atoms with E-state index in [0.717, 1.165) is 78.1 Å². The van der Waals surface area contributed by atoms with Crippen molar-refractivity contribution in [2.75, 3.05) is 44.0 Å². The highest BCUT2D eigenvalue weighted by Crippen LogP contribution is 2.35. The Bertz CT molecular complexity index is 1480. The fourth-order valence-corrected chi connectivity index (χ4v) is 5.03. The Hall–Kier alpha value is -3.94. The predicted molar refractivity (Wildman–Crippen MR) is 162 cm³/mol. The number of carbonyl (C=O) groups excluding carboxylic acids is 1. The first-order chi connectivity index (χ1) is 19.4. The van der Waals surface area contributed by atoms with Crippen LogP contribution in [0.5, 0.6) is 5.75 Å². The van der Waals surface area contributed by atoms with Gasteiger partial charge < -0.3 is 20.1 Å². The molecule has 0 radical (unpaired) electrons. The van der Waals surface area contributed by atoms with E-state index in [0.29, 0.717) is 11.4 Å². The number of aromatic nitrogens is 1. The van der Waals surface area contributed by atoms with Crippen molar-refractivity contribution >= 4 is 28.2 Å². The van der Waals surface area contributed by atoms with Gasteiger partial charge in [-0.05, 0) is 52.6 Å². The molecule has 1 aliphatic heterocycles. The molecule has 7 nitrogen and oxygen atoms in total. The van der Waals surface area contributed by atoms with E-state index < -0.39 is 0 Å². The molecule has 2 heterocycles. The number of pyridine rings is 1. The maximum Gasteiger partial charge on any atom is 0.323 e. The Labute approximate surface area is 236 Å². The number of fused-ring (bicyclic) bond motifs is 1. The van der Waals surface area contributed by atoms with Crippen LogP contribution in [0.1, 0.15) is 38.4 Å². The van der Waals surface area contributed by atoms with Crippen LogP contribution in [0.15, 0.2) is 72.9 Å². The summed E-state index contributed by atoms with van der Waals surface area (Å²) < 4.78 is 11.0. The summed E-state index contributed by atoms with van der Waals surface area (Å²) in [5.74, 6) is 0.621. The molecule has 208 valence electrons. The zero-order valence-electron chi connectivity index (χ0n) is 23.8. The number of methoxy groups -OCH3 is 1. The van der Waals surface area contributed by atoms with Gasteiger partial charge in [-0.1, -0.05) is 63.2 Å². The molecule has 1 aromatic heterocycles. The fraction of sp³-hybridized carbons (Fsp3) is 0.333. The summed E-state index contributed by atoms with van der Waals surface area (Å²) in [6, 6.07) is 22.0. The minimum absolute atomic E-state index is 0.0131. The monoisotopic (exact) mass is 538 g/mol. The quantitative estimate of drug-likeness (QED) is 0.251. The van der Waals surface area contributed by atoms with Gasteiger partial charge in [0.15, 0.2) is 0 Å². The van der Waals surface area contributed by atoms with Gasteiger partial charge in [-0.3, -0.25) is 9.88 Å². The van der Waals surface area contributed by atoms with Crippen molar-refractivity contribution in [3.8, 4) is 16.9 Å². The van der Waals surface area contributed by atoms with Gasteiger partial charge in [0.05, 0.1) is 37.4 Å². The topological polar surface area (TPSA) is 75.7 Å². The van der Waals surface area contributed by atoms with E-state index in [9.17, 15) is 4.79 Å². The van der Waals surface area contributed by atoms with Gasteiger partial charge in [0, 0.05) is 36.8 Å². The Kier molecular flexibility index (Phi) is 8.33. The average Bonchev–Trinajstić information content (AvgIpc) is 2.98. The van der Waals surface area contributed by atoms with E-state index in [-0.39, 0.29) is 11.4 Å². The first kappa shape index (κ1) is 27.6. The summed E-state index contributed by atoms with van der Waals surface area (Å²) in [5.41, 5.74) is 5.67. The molecule has 2 amide bonds. The largest absolute Gasteiger partial charge is 0.495 e. The van der Waals surface area contributed by atoms with Crippen LogP contribution < -0.4 is 15.4 Å². The van der Waals surface area contributed by atoms with Gasteiger partial charge in [-0.2, -0.15) is 0 Å². The Morgan fingerprint density at radius 2 is 1.73 bits per heavy atom. The van der Waals surface area contributed by atoms with Crippen molar-refractivity contribution in [3.63, 3.8) is 0 Å². The second-order valence-corrected chi connectivity index (χ2v) is 10.9. The smallest absolute Gasteiger partial charge is 0.323 e. The van der Waals surface area contributed by atoms with E-state index in [2.05, 4.69) is 60.6 Å². The van der Waals surface area contributed by atoms with Crippen LogP contribution in [-0.4, -0.2) is 49.3 Å². The molecule has 1 saturated heterocycles. The molecule has 1 aliphatic rings. The van der Waals surface area contributed by atoms with Crippen molar-refractivity contribution in [2.24, 2.45) is 0 Å². The molecule has 7 heteroatoms. The molecule has 5 rings (SSSR count). The molecule has 0 bridgehead atoms. The standard InChI is InChI=1S/C33H38N4O3/c1-5-33(2,3)24-11-15-31(39-4)30(20-24)36-32(38)35-29-14-13-26(27-8-6-7-9-28(27)29)23-10-12-25(34-21-23)22-37-16-18-40-19-17-37/h6-15,20-21H,5,16-19,22H2,1-4H3,(H2,35,36,38). The van der Waals surface area contributed by atoms with Gasteiger partial charge in [-0.15, -0.1) is 0 Å². The minimum atomic E-state index is -0.322. The molecule has 4 aromatic rings. The van der Waals surface area contributed by atoms with Crippen molar-refractivity contribution < 1.29 is 14.3 Å². The number of anilines is 2. The molecule has 0 aliphatic carbocycles. The van der Waals surface area contributed by atoms with Crippen LogP contribution in [0.3, 0.4) is 0 Å². The molecule has 0 atom stereocenters. The molecule has 1 fully saturated rings. The van der Waals surface area contributed by atoms with Crippen molar-refractivity contribution in [1.82, 2.24) is 9.88 Å². The van der Waals surface area contributed by atoms with Crippen molar-refractivity contribution in [1.29, 1.82) is 0 Å². The normalized spacial score (nSPS) is 14.2. The van der Waals surface area contributed by atoms with Crippen LogP contribution in [0.25, 0.3) is 21.9 Å². The van der Waals surface area contributed by atoms with E-state index in [1.54, 1.807) is 7.11 Å². The molecule has 0 saturated carbocycles. The number of rotatable bonds is 8. The lowest BCUT2D eigenvalue weighted by Gasteiger charge is -2.26. The Balaban J connectivity index is 1.36. The molecule has 2 N–H and O–H groups in total. The summed E-state index contributed by atoms with van der Waals surface area (Å²) in [5, 5.41) is 8.06. The number of morpholine rings is 1. The number of nitrogens with one attached hydrogen (secondary N) is 2. The number of hydrogen-bond donors (Lipinski definition) is 2. The maximum atomic E-state index is 13.2. The number of benzene rings is 3. The first-order valence-corrected chi connectivity index (χ1v) is 13.9. The highest BCUT2D eigenvalue weighted by molar-refractivity contribution is 6.10. The van der Waals surface area contributed by atoms with Gasteiger partial charge in [-0.25, -0.2) is 4.79 Å². The van der Waals surface area contributed by atoms with Crippen LogP contribution in [0.4, 0.5) is 16.2 Å². The first-order valence-electron chi connectivity index (χ1n) is 13.9. The van der Waals surface area contributed by atoms with Crippen molar-refractivity contribution in [2.45, 2.75) is 39.2 Å². The van der Waals surface area contributed by atoms with Crippen LogP contribution in [0, 0.1) is 0 Å². The lowest BCUT2D eigenvalue weighted by Crippen LogP contribution is -2.35. The summed E-state index contributed by atoms with van der Waals surface area (Å²) >= 11 is 0. The van der Waals surface area contributed by atoms with Gasteiger partial charge >= 0.3 is 6.03 Å². The summed E-state index contributed by atoms with van der Waals surface area (Å²) in [6.45, 7) is 10.8. The zero-order valence-corrected chi connectivity index (χ0v) is 23.8. The van der Waals surface area contributed by atoms with Gasteiger partial charge in [0.25, 0.3) is 0 Å². The van der Waals surface area contributed by atoms with E-state index >= 15 is 0 Å². The fourth-order valence-electron chi connectivity index (χ4n) is 5.03. The number of carbonyl (C=O) groups is 1. The Morgan fingerprint density at radius 1 is 0.975 bits per heavy atom. The molecular formula is C33H38N4O3. The van der Waals surface area contributed by atoms with E-state index in [4.69, 9.17) is 14.5 Å². The van der Waals surface area contributed by atoms with Crippen LogP contribution in [-0.2, 0) is 16.7 Å². The number of urea groups is 1. The third-order valence-corrected chi connectivity index (χ3v) is 7.91. The van der Waals surface area contributed by atoms with E-state index in [1.807, 2.05) is 48.7 Å². The molecular weight excluding hydrogens is 500 g/mol. The van der Waals surface area contributed by atoms with Gasteiger partial charge in [0.1, 0.15) is 5.75 Å². The Morgan fingerprint density at radius 3 is 2.42 bits per heavy atom. The highest BCUT2D eigenvalue weighted by atomic mass is 16.5. The number of hydrogen-bond acceptors (Lipinski definition) is 5. The lowest BCUT2D eigenvalue weighted by atomic mass is 9.82. The zero-order chi connectivity index (χ0) is 28.1. The lowest BCUT2D eigenvalue weighted by molar-refractivity contribution is 0.0336.